The van der Waals surface area contributed by atoms with Gasteiger partial charge in [0.25, 0.3) is 0 Å². The molecule has 1 amide bonds. The Hall–Kier alpha value is -1.85. The van der Waals surface area contributed by atoms with Crippen molar-refractivity contribution in [3.05, 3.63) is 41.9 Å². The number of imidazole rings is 1. The molecule has 0 saturated heterocycles. The van der Waals surface area contributed by atoms with Crippen molar-refractivity contribution in [2.45, 2.75) is 31.2 Å². The molecule has 1 aliphatic rings. The van der Waals surface area contributed by atoms with Crippen LogP contribution in [0.2, 0.25) is 5.02 Å². The van der Waals surface area contributed by atoms with Crippen LogP contribution < -0.4 is 11.1 Å². The number of carbonyl (C=O) groups excluding carboxylic acids is 1. The zero-order chi connectivity index (χ0) is 14.9. The van der Waals surface area contributed by atoms with Crippen LogP contribution >= 0.6 is 11.6 Å². The summed E-state index contributed by atoms with van der Waals surface area (Å²) >= 11 is 6.27. The van der Waals surface area contributed by atoms with Gasteiger partial charge >= 0.3 is 0 Å². The fraction of sp³-hybridized carbons (Fsp3) is 0.333. The minimum absolute atomic E-state index is 0.149. The van der Waals surface area contributed by atoms with Gasteiger partial charge in [0.1, 0.15) is 0 Å². The molecular formula is C15H17ClN4O. The van der Waals surface area contributed by atoms with E-state index >= 15 is 0 Å². The normalized spacial score (nSPS) is 16.9. The van der Waals surface area contributed by atoms with Gasteiger partial charge in [0.05, 0.1) is 28.3 Å². The Balaban J connectivity index is 1.93. The summed E-state index contributed by atoms with van der Waals surface area (Å²) in [6.07, 6.45) is 8.52. The standard InChI is InChI=1S/C15H17ClN4O/c16-11-4-3-5-12(13(11)20-9-8-18-10-20)19-14(21)15(17)6-1-2-7-15/h3-5,8-10H,1-2,6-7,17H2,(H,19,21). The van der Waals surface area contributed by atoms with Crippen molar-refractivity contribution in [1.82, 2.24) is 9.55 Å². The number of rotatable bonds is 3. The Morgan fingerprint density at radius 2 is 2.14 bits per heavy atom. The molecule has 2 aromatic rings. The van der Waals surface area contributed by atoms with Gasteiger partial charge in [-0.15, -0.1) is 0 Å². The van der Waals surface area contributed by atoms with E-state index in [2.05, 4.69) is 10.3 Å². The van der Waals surface area contributed by atoms with Crippen molar-refractivity contribution in [3.8, 4) is 5.69 Å². The first-order valence-corrected chi connectivity index (χ1v) is 7.35. The summed E-state index contributed by atoms with van der Waals surface area (Å²) in [5.74, 6) is -0.149. The van der Waals surface area contributed by atoms with Crippen molar-refractivity contribution < 1.29 is 4.79 Å². The Morgan fingerprint density at radius 1 is 1.38 bits per heavy atom. The first-order valence-electron chi connectivity index (χ1n) is 6.97. The zero-order valence-electron chi connectivity index (χ0n) is 11.6. The number of nitrogens with one attached hydrogen (secondary N) is 1. The van der Waals surface area contributed by atoms with E-state index in [1.807, 2.05) is 6.07 Å². The molecular weight excluding hydrogens is 288 g/mol. The van der Waals surface area contributed by atoms with Gasteiger partial charge in [-0.2, -0.15) is 0 Å². The first-order chi connectivity index (χ1) is 10.1. The third-order valence-electron chi connectivity index (χ3n) is 3.95. The number of amides is 1. The van der Waals surface area contributed by atoms with E-state index < -0.39 is 5.54 Å². The van der Waals surface area contributed by atoms with Gasteiger partial charge in [0.15, 0.2) is 0 Å². The maximum absolute atomic E-state index is 12.5. The molecule has 1 heterocycles. The smallest absolute Gasteiger partial charge is 0.244 e. The second kappa shape index (κ2) is 5.50. The molecule has 110 valence electrons. The molecule has 0 aliphatic heterocycles. The fourth-order valence-corrected chi connectivity index (χ4v) is 3.02. The number of halogens is 1. The number of hydrogen-bond acceptors (Lipinski definition) is 3. The molecule has 6 heteroatoms. The van der Waals surface area contributed by atoms with Gasteiger partial charge in [-0.1, -0.05) is 30.5 Å². The number of anilines is 1. The molecule has 0 unspecified atom stereocenters. The van der Waals surface area contributed by atoms with Crippen LogP contribution in [-0.4, -0.2) is 21.0 Å². The molecule has 0 spiro atoms. The lowest BCUT2D eigenvalue weighted by Gasteiger charge is -2.23. The van der Waals surface area contributed by atoms with E-state index in [9.17, 15) is 4.79 Å². The van der Waals surface area contributed by atoms with Crippen molar-refractivity contribution in [2.75, 3.05) is 5.32 Å². The highest BCUT2D eigenvalue weighted by Crippen LogP contribution is 2.32. The second-order valence-corrected chi connectivity index (χ2v) is 5.83. The number of hydrogen-bond donors (Lipinski definition) is 2. The summed E-state index contributed by atoms with van der Waals surface area (Å²) in [4.78, 5) is 16.5. The lowest BCUT2D eigenvalue weighted by Crippen LogP contribution is -2.48. The highest BCUT2D eigenvalue weighted by Gasteiger charge is 2.37. The predicted molar refractivity (Wildman–Crippen MR) is 82.6 cm³/mol. The summed E-state index contributed by atoms with van der Waals surface area (Å²) in [7, 11) is 0. The van der Waals surface area contributed by atoms with Crippen molar-refractivity contribution in [3.63, 3.8) is 0 Å². The molecule has 3 rings (SSSR count). The van der Waals surface area contributed by atoms with Gasteiger partial charge < -0.3 is 15.6 Å². The average molecular weight is 305 g/mol. The molecule has 21 heavy (non-hydrogen) atoms. The van der Waals surface area contributed by atoms with Crippen molar-refractivity contribution >= 4 is 23.2 Å². The van der Waals surface area contributed by atoms with Gasteiger partial charge in [-0.05, 0) is 25.0 Å². The van der Waals surface area contributed by atoms with Crippen LogP contribution in [0.3, 0.4) is 0 Å². The molecule has 5 nitrogen and oxygen atoms in total. The van der Waals surface area contributed by atoms with Crippen molar-refractivity contribution in [2.24, 2.45) is 5.73 Å². The molecule has 1 aromatic carbocycles. The monoisotopic (exact) mass is 304 g/mol. The summed E-state index contributed by atoms with van der Waals surface area (Å²) in [6, 6.07) is 5.40. The number of nitrogens with two attached hydrogens (primary N) is 1. The summed E-state index contributed by atoms with van der Waals surface area (Å²) < 4.78 is 1.77. The number of benzene rings is 1. The molecule has 1 fully saturated rings. The topological polar surface area (TPSA) is 72.9 Å². The van der Waals surface area contributed by atoms with E-state index in [0.717, 1.165) is 25.7 Å². The highest BCUT2D eigenvalue weighted by atomic mass is 35.5. The lowest BCUT2D eigenvalue weighted by atomic mass is 9.98. The average Bonchev–Trinajstić information content (AvgIpc) is 3.11. The third kappa shape index (κ3) is 2.66. The van der Waals surface area contributed by atoms with Gasteiger partial charge in [-0.3, -0.25) is 4.79 Å². The third-order valence-corrected chi connectivity index (χ3v) is 4.25. The van der Waals surface area contributed by atoms with Crippen LogP contribution in [0, 0.1) is 0 Å². The number of para-hydroxylation sites is 1. The Labute approximate surface area is 128 Å². The van der Waals surface area contributed by atoms with Crippen LogP contribution in [0.15, 0.2) is 36.9 Å². The van der Waals surface area contributed by atoms with Gasteiger partial charge in [-0.25, -0.2) is 4.98 Å². The molecule has 3 N–H and O–H groups in total. The summed E-state index contributed by atoms with van der Waals surface area (Å²) in [5, 5.41) is 3.47. The molecule has 1 saturated carbocycles. The van der Waals surface area contributed by atoms with Crippen LogP contribution in [0.1, 0.15) is 25.7 Å². The van der Waals surface area contributed by atoms with E-state index in [1.165, 1.54) is 0 Å². The highest BCUT2D eigenvalue weighted by molar-refractivity contribution is 6.33. The fourth-order valence-electron chi connectivity index (χ4n) is 2.75. The van der Waals surface area contributed by atoms with Crippen LogP contribution in [-0.2, 0) is 4.79 Å². The number of nitrogens with zero attached hydrogens (tertiary/aromatic N) is 2. The molecule has 0 radical (unpaired) electrons. The van der Waals surface area contributed by atoms with Crippen LogP contribution in [0.4, 0.5) is 5.69 Å². The first kappa shape index (κ1) is 14.1. The molecule has 1 aliphatic carbocycles. The quantitative estimate of drug-likeness (QED) is 0.915. The molecule has 1 aromatic heterocycles. The van der Waals surface area contributed by atoms with E-state index in [1.54, 1.807) is 35.4 Å². The predicted octanol–water partition coefficient (Wildman–Crippen LogP) is 2.74. The number of aromatic nitrogens is 2. The summed E-state index contributed by atoms with van der Waals surface area (Å²) in [5.41, 5.74) is 6.77. The largest absolute Gasteiger partial charge is 0.323 e. The Morgan fingerprint density at radius 3 is 2.81 bits per heavy atom. The maximum Gasteiger partial charge on any atom is 0.244 e. The maximum atomic E-state index is 12.5. The Kier molecular flexibility index (Phi) is 3.69. The zero-order valence-corrected chi connectivity index (χ0v) is 12.3. The van der Waals surface area contributed by atoms with E-state index in [0.29, 0.717) is 16.4 Å². The van der Waals surface area contributed by atoms with Gasteiger partial charge in [0, 0.05) is 12.4 Å². The molecule has 0 atom stereocenters. The SMILES string of the molecule is NC1(C(=O)Nc2cccc(Cl)c2-n2ccnc2)CCCC1. The van der Waals surface area contributed by atoms with Crippen molar-refractivity contribution in [1.29, 1.82) is 0 Å². The number of carbonyl (C=O) groups is 1. The van der Waals surface area contributed by atoms with Gasteiger partial charge in [0.2, 0.25) is 5.91 Å². The lowest BCUT2D eigenvalue weighted by molar-refractivity contribution is -0.121. The minimum atomic E-state index is -0.769. The molecule has 0 bridgehead atoms. The van der Waals surface area contributed by atoms with E-state index in [-0.39, 0.29) is 5.91 Å². The van der Waals surface area contributed by atoms with E-state index in [4.69, 9.17) is 17.3 Å². The second-order valence-electron chi connectivity index (χ2n) is 5.42. The van der Waals surface area contributed by atoms with Crippen LogP contribution in [0.5, 0.6) is 0 Å². The summed E-state index contributed by atoms with van der Waals surface area (Å²) in [6.45, 7) is 0. The minimum Gasteiger partial charge on any atom is -0.323 e. The van der Waals surface area contributed by atoms with Crippen LogP contribution in [0.25, 0.3) is 5.69 Å². The Bertz CT molecular complexity index is 648.